The molecule has 31 heavy (non-hydrogen) atoms. The van der Waals surface area contributed by atoms with Crippen molar-refractivity contribution in [1.29, 1.82) is 0 Å². The average Bonchev–Trinajstić information content (AvgIpc) is 3.12. The fraction of sp³-hybridized carbons (Fsp3) is 0.435. The number of hydrogen-bond acceptors (Lipinski definition) is 5. The van der Waals surface area contributed by atoms with Gasteiger partial charge in [0.05, 0.1) is 36.3 Å². The molecule has 0 saturated heterocycles. The molecule has 3 aromatic heterocycles. The van der Waals surface area contributed by atoms with Gasteiger partial charge in [0.15, 0.2) is 8.32 Å². The number of pyridine rings is 2. The highest BCUT2D eigenvalue weighted by Crippen LogP contribution is 2.37. The van der Waals surface area contributed by atoms with E-state index in [9.17, 15) is 4.79 Å². The first-order valence-corrected chi connectivity index (χ1v) is 13.4. The van der Waals surface area contributed by atoms with Gasteiger partial charge in [0, 0.05) is 32.7 Å². The standard InChI is InChI=1S/C23H33N5O2Si/c1-23(2,3)31(6,7)30-16-17-8-9-21-26-19(15-28(21)14-17)12-25-22(29)18-10-20(27(4)5)13-24-11-18/h8-11,13-15H,12,16H2,1-7H3,(H,25,29). The second-order valence-electron chi connectivity index (χ2n) is 9.59. The number of nitrogens with one attached hydrogen (secondary N) is 1. The van der Waals surface area contributed by atoms with Gasteiger partial charge in [-0.3, -0.25) is 9.78 Å². The van der Waals surface area contributed by atoms with Gasteiger partial charge in [0.1, 0.15) is 5.65 Å². The van der Waals surface area contributed by atoms with Crippen LogP contribution in [0.25, 0.3) is 5.65 Å². The fourth-order valence-electron chi connectivity index (χ4n) is 2.81. The van der Waals surface area contributed by atoms with E-state index in [1.807, 2.05) is 47.9 Å². The number of aromatic nitrogens is 3. The first-order chi connectivity index (χ1) is 14.5. The van der Waals surface area contributed by atoms with Gasteiger partial charge < -0.3 is 19.0 Å². The largest absolute Gasteiger partial charge is 0.413 e. The zero-order chi connectivity index (χ0) is 22.8. The molecule has 0 fully saturated rings. The van der Waals surface area contributed by atoms with Gasteiger partial charge in [-0.2, -0.15) is 0 Å². The van der Waals surface area contributed by atoms with Crippen LogP contribution in [0.4, 0.5) is 5.69 Å². The number of fused-ring (bicyclic) bond motifs is 1. The summed E-state index contributed by atoms with van der Waals surface area (Å²) in [6.45, 7) is 12.2. The molecule has 0 unspecified atom stereocenters. The van der Waals surface area contributed by atoms with E-state index in [0.29, 0.717) is 18.7 Å². The monoisotopic (exact) mass is 439 g/mol. The number of amides is 1. The summed E-state index contributed by atoms with van der Waals surface area (Å²) in [7, 11) is 2.04. The van der Waals surface area contributed by atoms with Gasteiger partial charge in [-0.25, -0.2) is 4.98 Å². The molecule has 3 heterocycles. The lowest BCUT2D eigenvalue weighted by Gasteiger charge is -2.36. The molecule has 0 aliphatic rings. The van der Waals surface area contributed by atoms with Crippen LogP contribution in [-0.2, 0) is 17.6 Å². The van der Waals surface area contributed by atoms with Crippen LogP contribution in [-0.4, -0.2) is 42.7 Å². The van der Waals surface area contributed by atoms with Crippen LogP contribution >= 0.6 is 0 Å². The third-order valence-electron chi connectivity index (χ3n) is 5.90. The molecule has 0 atom stereocenters. The maximum atomic E-state index is 12.5. The second kappa shape index (κ2) is 8.80. The van der Waals surface area contributed by atoms with Crippen LogP contribution in [0.5, 0.6) is 0 Å². The van der Waals surface area contributed by atoms with Gasteiger partial charge in [-0.15, -0.1) is 0 Å². The molecular weight excluding hydrogens is 406 g/mol. The first-order valence-electron chi connectivity index (χ1n) is 10.5. The predicted octanol–water partition coefficient (Wildman–Crippen LogP) is 4.25. The van der Waals surface area contributed by atoms with E-state index in [1.54, 1.807) is 12.4 Å². The van der Waals surface area contributed by atoms with E-state index in [1.165, 1.54) is 0 Å². The third-order valence-corrected chi connectivity index (χ3v) is 10.4. The maximum Gasteiger partial charge on any atom is 0.253 e. The topological polar surface area (TPSA) is 71.8 Å². The second-order valence-corrected chi connectivity index (χ2v) is 14.4. The Morgan fingerprint density at radius 1 is 1.19 bits per heavy atom. The Morgan fingerprint density at radius 3 is 2.61 bits per heavy atom. The molecule has 1 N–H and O–H groups in total. The molecule has 1 amide bonds. The molecule has 3 aromatic rings. The minimum atomic E-state index is -1.80. The molecule has 0 bridgehead atoms. The Morgan fingerprint density at radius 2 is 1.94 bits per heavy atom. The van der Waals surface area contributed by atoms with Crippen molar-refractivity contribution in [3.05, 3.63) is 59.8 Å². The fourth-order valence-corrected chi connectivity index (χ4v) is 3.77. The highest BCUT2D eigenvalue weighted by Gasteiger charge is 2.37. The highest BCUT2D eigenvalue weighted by molar-refractivity contribution is 6.74. The van der Waals surface area contributed by atoms with Gasteiger partial charge >= 0.3 is 0 Å². The zero-order valence-electron chi connectivity index (χ0n) is 19.6. The van der Waals surface area contributed by atoms with Crippen LogP contribution in [0, 0.1) is 0 Å². The summed E-state index contributed by atoms with van der Waals surface area (Å²) >= 11 is 0. The van der Waals surface area contributed by atoms with Gasteiger partial charge in [-0.1, -0.05) is 26.8 Å². The molecule has 0 radical (unpaired) electrons. The van der Waals surface area contributed by atoms with Crippen molar-refractivity contribution in [2.45, 2.75) is 52.1 Å². The van der Waals surface area contributed by atoms with E-state index >= 15 is 0 Å². The molecule has 0 aliphatic carbocycles. The maximum absolute atomic E-state index is 12.5. The summed E-state index contributed by atoms with van der Waals surface area (Å²) < 4.78 is 8.31. The Bertz CT molecular complexity index is 1070. The summed E-state index contributed by atoms with van der Waals surface area (Å²) in [5, 5.41) is 3.11. The number of nitrogens with zero attached hydrogens (tertiary/aromatic N) is 4. The Kier molecular flexibility index (Phi) is 6.52. The summed E-state index contributed by atoms with van der Waals surface area (Å²) in [4.78, 5) is 23.2. The van der Waals surface area contributed by atoms with Crippen LogP contribution in [0.1, 0.15) is 42.4 Å². The first kappa shape index (κ1) is 23.0. The summed E-state index contributed by atoms with van der Waals surface area (Å²) in [6.07, 6.45) is 7.29. The number of anilines is 1. The van der Waals surface area contributed by atoms with E-state index in [0.717, 1.165) is 22.6 Å². The lowest BCUT2D eigenvalue weighted by Crippen LogP contribution is -2.40. The van der Waals surface area contributed by atoms with E-state index in [2.05, 4.69) is 55.2 Å². The van der Waals surface area contributed by atoms with Crippen LogP contribution in [0.3, 0.4) is 0 Å². The minimum absolute atomic E-state index is 0.170. The van der Waals surface area contributed by atoms with Crippen molar-refractivity contribution < 1.29 is 9.22 Å². The minimum Gasteiger partial charge on any atom is -0.413 e. The SMILES string of the molecule is CN(C)c1cncc(C(=O)NCc2cn3cc(CO[Si](C)(C)C(C)(C)C)ccc3n2)c1. The number of imidazole rings is 1. The Balaban J connectivity index is 1.65. The van der Waals surface area contributed by atoms with Crippen LogP contribution in [0.2, 0.25) is 18.1 Å². The van der Waals surface area contributed by atoms with Crippen molar-refractivity contribution in [2.75, 3.05) is 19.0 Å². The van der Waals surface area contributed by atoms with Crippen LogP contribution in [0.15, 0.2) is 43.0 Å². The van der Waals surface area contributed by atoms with Gasteiger partial charge in [-0.05, 0) is 35.8 Å². The van der Waals surface area contributed by atoms with E-state index in [4.69, 9.17) is 4.43 Å². The van der Waals surface area contributed by atoms with Crippen molar-refractivity contribution in [3.8, 4) is 0 Å². The Hall–Kier alpha value is -2.71. The molecular formula is C23H33N5O2Si. The van der Waals surface area contributed by atoms with E-state index < -0.39 is 8.32 Å². The van der Waals surface area contributed by atoms with Crippen molar-refractivity contribution in [1.82, 2.24) is 19.7 Å². The average molecular weight is 440 g/mol. The number of rotatable bonds is 7. The molecule has 0 aliphatic heterocycles. The van der Waals surface area contributed by atoms with E-state index in [-0.39, 0.29) is 10.9 Å². The van der Waals surface area contributed by atoms with Crippen LogP contribution < -0.4 is 10.2 Å². The molecule has 3 rings (SSSR count). The normalized spacial score (nSPS) is 12.2. The lowest BCUT2D eigenvalue weighted by molar-refractivity contribution is 0.0950. The molecule has 0 saturated carbocycles. The molecule has 0 aromatic carbocycles. The lowest BCUT2D eigenvalue weighted by atomic mass is 10.2. The summed E-state index contributed by atoms with van der Waals surface area (Å²) in [5.74, 6) is -0.170. The summed E-state index contributed by atoms with van der Waals surface area (Å²) in [5.41, 5.74) is 4.16. The Labute approximate surface area is 185 Å². The number of hydrogen-bond donors (Lipinski definition) is 1. The molecule has 0 spiro atoms. The smallest absolute Gasteiger partial charge is 0.253 e. The quantitative estimate of drug-likeness (QED) is 0.557. The van der Waals surface area contributed by atoms with Crippen molar-refractivity contribution >= 4 is 25.6 Å². The molecule has 8 heteroatoms. The number of carbonyl (C=O) groups excluding carboxylic acids is 1. The third kappa shape index (κ3) is 5.51. The van der Waals surface area contributed by atoms with Gasteiger partial charge in [0.2, 0.25) is 0 Å². The zero-order valence-corrected chi connectivity index (χ0v) is 20.6. The van der Waals surface area contributed by atoms with Crippen molar-refractivity contribution in [3.63, 3.8) is 0 Å². The summed E-state index contributed by atoms with van der Waals surface area (Å²) in [6, 6.07) is 5.86. The molecule has 7 nitrogen and oxygen atoms in total. The molecule has 166 valence electrons. The van der Waals surface area contributed by atoms with Crippen molar-refractivity contribution in [2.24, 2.45) is 0 Å². The number of carbonyl (C=O) groups is 1. The predicted molar refractivity (Wildman–Crippen MR) is 127 cm³/mol. The van der Waals surface area contributed by atoms with Gasteiger partial charge in [0.25, 0.3) is 5.91 Å². The highest BCUT2D eigenvalue weighted by atomic mass is 28.4.